The lowest BCUT2D eigenvalue weighted by Crippen LogP contribution is -2.04. The lowest BCUT2D eigenvalue weighted by atomic mass is 10.1. The van der Waals surface area contributed by atoms with Gasteiger partial charge in [-0.1, -0.05) is 28.1 Å². The minimum Gasteiger partial charge on any atom is -0.295 e. The van der Waals surface area contributed by atoms with Gasteiger partial charge in [0.05, 0.1) is 22.6 Å². The van der Waals surface area contributed by atoms with Crippen LogP contribution in [0.2, 0.25) is 0 Å². The number of aromatic nitrogens is 2. The Kier molecular flexibility index (Phi) is 3.57. The summed E-state index contributed by atoms with van der Waals surface area (Å²) in [6, 6.07) is 12.4. The van der Waals surface area contributed by atoms with Gasteiger partial charge in [0.15, 0.2) is 0 Å². The smallest absolute Gasteiger partial charge is 0.129 e. The molecule has 1 heterocycles. The second kappa shape index (κ2) is 5.23. The summed E-state index contributed by atoms with van der Waals surface area (Å²) in [6.07, 6.45) is 0. The largest absolute Gasteiger partial charge is 0.295 e. The van der Waals surface area contributed by atoms with Gasteiger partial charge in [-0.3, -0.25) is 4.57 Å². The van der Waals surface area contributed by atoms with Gasteiger partial charge in [0.2, 0.25) is 0 Å². The Hall–Kier alpha value is -1.32. The first-order valence-corrected chi connectivity index (χ1v) is 7.74. The van der Waals surface area contributed by atoms with E-state index in [1.54, 1.807) is 0 Å². The standard InChI is InChI=1S/C16H14BrClN2/c1-10-7-12(17)8-11(2)16(10)20-14-6-4-3-5-13(14)19-15(20)9-18/h3-8H,9H2,1-2H3. The molecular weight excluding hydrogens is 336 g/mol. The van der Waals surface area contributed by atoms with Crippen LogP contribution in [0.5, 0.6) is 0 Å². The van der Waals surface area contributed by atoms with Gasteiger partial charge in [-0.2, -0.15) is 0 Å². The zero-order valence-corrected chi connectivity index (χ0v) is 13.7. The van der Waals surface area contributed by atoms with Crippen molar-refractivity contribution in [3.05, 3.63) is 57.8 Å². The van der Waals surface area contributed by atoms with Crippen LogP contribution >= 0.6 is 27.5 Å². The number of para-hydroxylation sites is 2. The lowest BCUT2D eigenvalue weighted by Gasteiger charge is -2.15. The molecular formula is C16H14BrClN2. The molecule has 0 aliphatic rings. The highest BCUT2D eigenvalue weighted by Gasteiger charge is 2.15. The minimum atomic E-state index is 0.392. The first kappa shape index (κ1) is 13.7. The number of halogens is 2. The van der Waals surface area contributed by atoms with Crippen molar-refractivity contribution in [1.29, 1.82) is 0 Å². The van der Waals surface area contributed by atoms with Crippen LogP contribution in [0, 0.1) is 13.8 Å². The number of aryl methyl sites for hydroxylation is 2. The predicted octanol–water partition coefficient (Wildman–Crippen LogP) is 5.14. The van der Waals surface area contributed by atoms with Crippen molar-refractivity contribution in [2.24, 2.45) is 0 Å². The number of hydrogen-bond donors (Lipinski definition) is 0. The highest BCUT2D eigenvalue weighted by Crippen LogP contribution is 2.29. The van der Waals surface area contributed by atoms with E-state index >= 15 is 0 Å². The Morgan fingerprint density at radius 3 is 2.45 bits per heavy atom. The summed E-state index contributed by atoms with van der Waals surface area (Å²) >= 11 is 9.64. The number of alkyl halides is 1. The van der Waals surface area contributed by atoms with E-state index in [-0.39, 0.29) is 0 Å². The first-order chi connectivity index (χ1) is 9.61. The van der Waals surface area contributed by atoms with E-state index < -0.39 is 0 Å². The predicted molar refractivity (Wildman–Crippen MR) is 87.8 cm³/mol. The average molecular weight is 350 g/mol. The zero-order valence-electron chi connectivity index (χ0n) is 11.3. The van der Waals surface area contributed by atoms with E-state index in [2.05, 4.69) is 57.5 Å². The van der Waals surface area contributed by atoms with Crippen molar-refractivity contribution in [2.75, 3.05) is 0 Å². The third-order valence-corrected chi connectivity index (χ3v) is 4.13. The molecule has 2 aromatic carbocycles. The molecule has 3 rings (SSSR count). The van der Waals surface area contributed by atoms with Crippen LogP contribution in [0.4, 0.5) is 0 Å². The maximum Gasteiger partial charge on any atom is 0.129 e. The summed E-state index contributed by atoms with van der Waals surface area (Å²) in [7, 11) is 0. The third-order valence-electron chi connectivity index (χ3n) is 3.43. The summed E-state index contributed by atoms with van der Waals surface area (Å²) in [5, 5.41) is 0. The third kappa shape index (κ3) is 2.15. The van der Waals surface area contributed by atoms with Crippen LogP contribution in [0.15, 0.2) is 40.9 Å². The number of nitrogens with zero attached hydrogens (tertiary/aromatic N) is 2. The number of imidazole rings is 1. The van der Waals surface area contributed by atoms with E-state index in [0.29, 0.717) is 5.88 Å². The number of rotatable bonds is 2. The van der Waals surface area contributed by atoms with Crippen LogP contribution in [-0.2, 0) is 5.88 Å². The lowest BCUT2D eigenvalue weighted by molar-refractivity contribution is 0.961. The summed E-state index contributed by atoms with van der Waals surface area (Å²) in [5.41, 5.74) is 5.64. The molecule has 102 valence electrons. The molecule has 0 saturated carbocycles. The van der Waals surface area contributed by atoms with Gasteiger partial charge in [-0.15, -0.1) is 11.6 Å². The van der Waals surface area contributed by atoms with Crippen molar-refractivity contribution in [3.8, 4) is 5.69 Å². The summed E-state index contributed by atoms with van der Waals surface area (Å²) in [6.45, 7) is 4.22. The summed E-state index contributed by atoms with van der Waals surface area (Å²) in [4.78, 5) is 4.63. The van der Waals surface area contributed by atoms with Crippen molar-refractivity contribution < 1.29 is 0 Å². The Morgan fingerprint density at radius 2 is 1.80 bits per heavy atom. The molecule has 0 amide bonds. The molecule has 3 aromatic rings. The Labute approximate surface area is 131 Å². The fourth-order valence-electron chi connectivity index (χ4n) is 2.67. The van der Waals surface area contributed by atoms with Gasteiger partial charge in [-0.05, 0) is 49.2 Å². The van der Waals surface area contributed by atoms with Gasteiger partial charge < -0.3 is 0 Å². The van der Waals surface area contributed by atoms with E-state index in [0.717, 1.165) is 27.0 Å². The zero-order chi connectivity index (χ0) is 14.3. The van der Waals surface area contributed by atoms with Crippen LogP contribution < -0.4 is 0 Å². The van der Waals surface area contributed by atoms with Crippen LogP contribution in [-0.4, -0.2) is 9.55 Å². The van der Waals surface area contributed by atoms with Crippen LogP contribution in [0.3, 0.4) is 0 Å². The molecule has 20 heavy (non-hydrogen) atoms. The molecule has 0 aliphatic heterocycles. The first-order valence-electron chi connectivity index (χ1n) is 6.41. The molecule has 0 fully saturated rings. The van der Waals surface area contributed by atoms with E-state index in [4.69, 9.17) is 11.6 Å². The van der Waals surface area contributed by atoms with Crippen LogP contribution in [0.1, 0.15) is 17.0 Å². The van der Waals surface area contributed by atoms with Crippen LogP contribution in [0.25, 0.3) is 16.7 Å². The fraction of sp³-hybridized carbons (Fsp3) is 0.188. The normalized spacial score (nSPS) is 11.2. The molecule has 0 bridgehead atoms. The topological polar surface area (TPSA) is 17.8 Å². The van der Waals surface area contributed by atoms with E-state index in [9.17, 15) is 0 Å². The maximum atomic E-state index is 6.10. The highest BCUT2D eigenvalue weighted by molar-refractivity contribution is 9.10. The van der Waals surface area contributed by atoms with Crippen molar-refractivity contribution >= 4 is 38.6 Å². The molecule has 2 nitrogen and oxygen atoms in total. The Morgan fingerprint density at radius 1 is 1.15 bits per heavy atom. The molecule has 0 unspecified atom stereocenters. The SMILES string of the molecule is Cc1cc(Br)cc(C)c1-n1c(CCl)nc2ccccc21. The van der Waals surface area contributed by atoms with Gasteiger partial charge in [-0.25, -0.2) is 4.98 Å². The Bertz CT molecular complexity index is 769. The molecule has 4 heteroatoms. The molecule has 1 aromatic heterocycles. The van der Waals surface area contributed by atoms with Crippen molar-refractivity contribution in [2.45, 2.75) is 19.7 Å². The molecule has 0 spiro atoms. The van der Waals surface area contributed by atoms with Gasteiger partial charge in [0.1, 0.15) is 5.82 Å². The van der Waals surface area contributed by atoms with Crippen molar-refractivity contribution in [3.63, 3.8) is 0 Å². The second-order valence-electron chi connectivity index (χ2n) is 4.87. The summed E-state index contributed by atoms with van der Waals surface area (Å²) in [5.74, 6) is 1.27. The van der Waals surface area contributed by atoms with Gasteiger partial charge in [0.25, 0.3) is 0 Å². The number of fused-ring (bicyclic) bond motifs is 1. The summed E-state index contributed by atoms with van der Waals surface area (Å²) < 4.78 is 3.26. The fourth-order valence-corrected chi connectivity index (χ4v) is 3.54. The quantitative estimate of drug-likeness (QED) is 0.585. The van der Waals surface area contributed by atoms with E-state index in [1.165, 1.54) is 11.1 Å². The molecule has 0 radical (unpaired) electrons. The average Bonchev–Trinajstić information content (AvgIpc) is 2.76. The second-order valence-corrected chi connectivity index (χ2v) is 6.06. The monoisotopic (exact) mass is 348 g/mol. The molecule has 0 saturated heterocycles. The van der Waals surface area contributed by atoms with Crippen molar-refractivity contribution in [1.82, 2.24) is 9.55 Å². The maximum absolute atomic E-state index is 6.10. The van der Waals surface area contributed by atoms with E-state index in [1.807, 2.05) is 18.2 Å². The molecule has 0 aliphatic carbocycles. The minimum absolute atomic E-state index is 0.392. The number of benzene rings is 2. The highest BCUT2D eigenvalue weighted by atomic mass is 79.9. The van der Waals surface area contributed by atoms with Gasteiger partial charge in [0, 0.05) is 4.47 Å². The Balaban J connectivity index is 2.40. The number of hydrogen-bond acceptors (Lipinski definition) is 1. The van der Waals surface area contributed by atoms with Gasteiger partial charge >= 0.3 is 0 Å². The molecule has 0 atom stereocenters. The molecule has 0 N–H and O–H groups in total.